The number of rotatable bonds is 4. The summed E-state index contributed by atoms with van der Waals surface area (Å²) in [5.74, 6) is 0.515. The molecule has 0 radical (unpaired) electrons. The summed E-state index contributed by atoms with van der Waals surface area (Å²) in [4.78, 5) is 12.5. The van der Waals surface area contributed by atoms with Crippen molar-refractivity contribution < 1.29 is 4.39 Å². The fraction of sp³-hybridized carbons (Fsp3) is 0.0714. The van der Waals surface area contributed by atoms with Gasteiger partial charge < -0.3 is 15.7 Å². The zero-order chi connectivity index (χ0) is 15.5. The van der Waals surface area contributed by atoms with Crippen LogP contribution < -0.4 is 0 Å². The molecule has 0 bridgehead atoms. The number of fused-ring (bicyclic) bond motifs is 1. The number of hydrogen-bond acceptors (Lipinski definition) is 5. The van der Waals surface area contributed by atoms with Crippen LogP contribution in [0.1, 0.15) is 5.82 Å². The van der Waals surface area contributed by atoms with Crippen LogP contribution in [0.15, 0.2) is 35.6 Å². The molecule has 0 amide bonds. The second-order valence-corrected chi connectivity index (χ2v) is 4.35. The number of halogens is 1. The van der Waals surface area contributed by atoms with E-state index in [4.69, 9.17) is 5.41 Å². The van der Waals surface area contributed by atoms with Crippen LogP contribution in [0.4, 0.5) is 10.2 Å². The molecule has 0 aliphatic carbocycles. The normalized spacial score (nSPS) is 11.2. The van der Waals surface area contributed by atoms with Crippen LogP contribution in [0.25, 0.3) is 22.1 Å². The fourth-order valence-corrected chi connectivity index (χ4v) is 2.12. The third-order valence-corrected chi connectivity index (χ3v) is 3.03. The predicted octanol–water partition coefficient (Wildman–Crippen LogP) is 2.88. The van der Waals surface area contributed by atoms with Crippen molar-refractivity contribution in [1.82, 2.24) is 19.6 Å². The molecule has 2 heterocycles. The van der Waals surface area contributed by atoms with Crippen LogP contribution in [-0.2, 0) is 0 Å². The van der Waals surface area contributed by atoms with Crippen LogP contribution >= 0.6 is 0 Å². The molecule has 0 saturated carbocycles. The zero-order valence-electron chi connectivity index (χ0n) is 11.6. The Morgan fingerprint density at radius 3 is 2.95 bits per heavy atom. The first-order chi connectivity index (χ1) is 10.7. The minimum atomic E-state index is -0.384. The topological polar surface area (TPSA) is 93.4 Å². The Bertz CT molecular complexity index is 869. The lowest BCUT2D eigenvalue weighted by atomic mass is 10.1. The third-order valence-electron chi connectivity index (χ3n) is 3.03. The van der Waals surface area contributed by atoms with E-state index in [1.807, 2.05) is 0 Å². The Labute approximate surface area is 125 Å². The Kier molecular flexibility index (Phi) is 3.57. The number of nitrogens with one attached hydrogen (secondary N) is 1. The van der Waals surface area contributed by atoms with Gasteiger partial charge in [0, 0.05) is 5.56 Å². The maximum atomic E-state index is 14.1. The summed E-state index contributed by atoms with van der Waals surface area (Å²) in [5, 5.41) is 14.6. The van der Waals surface area contributed by atoms with Crippen molar-refractivity contribution in [3.63, 3.8) is 0 Å². The summed E-state index contributed by atoms with van der Waals surface area (Å²) in [6.07, 6.45) is 3.40. The van der Waals surface area contributed by atoms with E-state index in [9.17, 15) is 4.39 Å². The standard InChI is InChI=1S/C14H11FN7/c1-9-21-12(10-4-2-3-5-11(10)15)13-14(18-7-17-6-16)19-8-20-22(9)13/h2-8H,1H3,(H-,16,17,18,19,20)/q-1. The molecule has 110 valence electrons. The van der Waals surface area contributed by atoms with Crippen molar-refractivity contribution in [2.24, 2.45) is 4.99 Å². The van der Waals surface area contributed by atoms with Crippen molar-refractivity contribution in [3.8, 4) is 11.3 Å². The van der Waals surface area contributed by atoms with Gasteiger partial charge in [0.05, 0.1) is 0 Å². The predicted molar refractivity (Wildman–Crippen MR) is 81.2 cm³/mol. The van der Waals surface area contributed by atoms with Crippen LogP contribution in [0.2, 0.25) is 0 Å². The second kappa shape index (κ2) is 5.68. The highest BCUT2D eigenvalue weighted by Gasteiger charge is 2.16. The number of hydrogen-bond donors (Lipinski definition) is 1. The van der Waals surface area contributed by atoms with E-state index in [0.29, 0.717) is 28.4 Å². The van der Waals surface area contributed by atoms with Gasteiger partial charge in [-0.3, -0.25) is 0 Å². The summed E-state index contributed by atoms with van der Waals surface area (Å²) >= 11 is 0. The number of imidazole rings is 1. The lowest BCUT2D eigenvalue weighted by Gasteiger charge is -2.04. The Balaban J connectivity index is 2.27. The summed E-state index contributed by atoms with van der Waals surface area (Å²) in [7, 11) is 0. The molecule has 8 heteroatoms. The first-order valence-electron chi connectivity index (χ1n) is 6.39. The molecular weight excluding hydrogens is 285 g/mol. The molecule has 22 heavy (non-hydrogen) atoms. The Morgan fingerprint density at radius 1 is 1.36 bits per heavy atom. The lowest BCUT2D eigenvalue weighted by Crippen LogP contribution is -1.95. The molecular formula is C14H11FN7-. The van der Waals surface area contributed by atoms with Gasteiger partial charge in [-0.25, -0.2) is 18.9 Å². The molecule has 0 unspecified atom stereocenters. The van der Waals surface area contributed by atoms with Crippen molar-refractivity contribution in [2.75, 3.05) is 0 Å². The highest BCUT2D eigenvalue weighted by Crippen LogP contribution is 2.31. The maximum Gasteiger partial charge on any atom is 0.137 e. The molecule has 0 aliphatic rings. The molecule has 0 saturated heterocycles. The molecule has 2 aromatic heterocycles. The van der Waals surface area contributed by atoms with Gasteiger partial charge in [-0.1, -0.05) is 12.1 Å². The molecule has 0 fully saturated rings. The highest BCUT2D eigenvalue weighted by atomic mass is 19.1. The summed E-state index contributed by atoms with van der Waals surface area (Å²) < 4.78 is 15.6. The second-order valence-electron chi connectivity index (χ2n) is 4.35. The van der Waals surface area contributed by atoms with Gasteiger partial charge >= 0.3 is 0 Å². The van der Waals surface area contributed by atoms with Crippen molar-refractivity contribution in [1.29, 1.82) is 5.41 Å². The SMILES string of the molecule is Cc1nc(-c2ccccc2F)c2c(N=C[N-]C=N)ncnn12. The van der Waals surface area contributed by atoms with E-state index in [1.54, 1.807) is 29.6 Å². The Morgan fingerprint density at radius 2 is 2.18 bits per heavy atom. The fourth-order valence-electron chi connectivity index (χ4n) is 2.12. The van der Waals surface area contributed by atoms with Gasteiger partial charge in [0.2, 0.25) is 0 Å². The van der Waals surface area contributed by atoms with Gasteiger partial charge in [0.25, 0.3) is 0 Å². The van der Waals surface area contributed by atoms with Gasteiger partial charge in [-0.2, -0.15) is 5.10 Å². The maximum absolute atomic E-state index is 14.1. The van der Waals surface area contributed by atoms with Crippen LogP contribution in [-0.4, -0.2) is 32.3 Å². The average Bonchev–Trinajstić information content (AvgIpc) is 2.86. The minimum absolute atomic E-state index is 0.305. The quantitative estimate of drug-likeness (QED) is 0.592. The van der Waals surface area contributed by atoms with E-state index in [-0.39, 0.29) is 5.82 Å². The summed E-state index contributed by atoms with van der Waals surface area (Å²) in [5.41, 5.74) is 1.25. The van der Waals surface area contributed by atoms with Gasteiger partial charge in [0.1, 0.15) is 35.0 Å². The number of aliphatic imine (C=N–C) groups is 1. The van der Waals surface area contributed by atoms with Crippen molar-refractivity contribution in [3.05, 3.63) is 47.6 Å². The number of nitrogens with zero attached hydrogens (tertiary/aromatic N) is 6. The summed E-state index contributed by atoms with van der Waals surface area (Å²) in [6.45, 7) is 1.76. The van der Waals surface area contributed by atoms with Crippen molar-refractivity contribution in [2.45, 2.75) is 6.92 Å². The minimum Gasteiger partial charge on any atom is -0.419 e. The monoisotopic (exact) mass is 296 g/mol. The largest absolute Gasteiger partial charge is 0.419 e. The smallest absolute Gasteiger partial charge is 0.137 e. The molecule has 0 atom stereocenters. The van der Waals surface area contributed by atoms with E-state index < -0.39 is 0 Å². The summed E-state index contributed by atoms with van der Waals surface area (Å²) in [6, 6.07) is 6.35. The molecule has 7 nitrogen and oxygen atoms in total. The first-order valence-corrected chi connectivity index (χ1v) is 6.39. The van der Waals surface area contributed by atoms with E-state index >= 15 is 0 Å². The zero-order valence-corrected chi connectivity index (χ0v) is 11.6. The van der Waals surface area contributed by atoms with E-state index in [2.05, 4.69) is 25.4 Å². The number of aromatic nitrogens is 4. The van der Waals surface area contributed by atoms with Gasteiger partial charge in [-0.15, -0.1) is 0 Å². The molecule has 0 spiro atoms. The molecule has 3 rings (SSSR count). The van der Waals surface area contributed by atoms with E-state index in [1.165, 1.54) is 18.7 Å². The van der Waals surface area contributed by atoms with Crippen LogP contribution in [0.3, 0.4) is 0 Å². The first kappa shape index (κ1) is 13.8. The lowest BCUT2D eigenvalue weighted by molar-refractivity contribution is 0.631. The number of benzene rings is 1. The Hall–Kier alpha value is -3.16. The third kappa shape index (κ3) is 2.30. The van der Waals surface area contributed by atoms with E-state index in [0.717, 1.165) is 6.34 Å². The average molecular weight is 296 g/mol. The van der Waals surface area contributed by atoms with Crippen LogP contribution in [0.5, 0.6) is 0 Å². The van der Waals surface area contributed by atoms with Gasteiger partial charge in [-0.05, 0) is 31.7 Å². The van der Waals surface area contributed by atoms with Crippen molar-refractivity contribution >= 4 is 24.0 Å². The van der Waals surface area contributed by atoms with Crippen LogP contribution in [0, 0.1) is 18.2 Å². The number of aryl methyl sites for hydroxylation is 1. The molecule has 3 aromatic rings. The molecule has 0 aliphatic heterocycles. The molecule has 1 aromatic carbocycles. The highest BCUT2D eigenvalue weighted by molar-refractivity contribution is 5.96. The molecule has 1 N–H and O–H groups in total. The van der Waals surface area contributed by atoms with Gasteiger partial charge in [0.15, 0.2) is 0 Å².